The van der Waals surface area contributed by atoms with Crippen molar-refractivity contribution in [2.75, 3.05) is 0 Å². The summed E-state index contributed by atoms with van der Waals surface area (Å²) in [7, 11) is -0.475. The van der Waals surface area contributed by atoms with E-state index in [0.29, 0.717) is 0 Å². The van der Waals surface area contributed by atoms with E-state index in [0.717, 1.165) is 5.54 Å². The molecule has 0 aromatic rings. The van der Waals surface area contributed by atoms with Gasteiger partial charge < -0.3 is 0 Å². The second kappa shape index (κ2) is 5.58. The number of allylic oxidation sites excluding steroid dienone is 1. The fourth-order valence-corrected chi connectivity index (χ4v) is 5.51. The van der Waals surface area contributed by atoms with E-state index < -0.39 is 8.80 Å². The fourth-order valence-electron chi connectivity index (χ4n) is 2.44. The summed E-state index contributed by atoms with van der Waals surface area (Å²) in [6, 6.07) is 1.47. The Hall–Kier alpha value is -0.0431. The van der Waals surface area contributed by atoms with Gasteiger partial charge in [0.25, 0.3) is 0 Å². The zero-order chi connectivity index (χ0) is 8.81. The average Bonchev–Trinajstić information content (AvgIpc) is 2.15. The maximum Gasteiger partial charge on any atom is 0.0638 e. The highest BCUT2D eigenvalue weighted by molar-refractivity contribution is 6.65. The molecule has 0 aliphatic heterocycles. The highest BCUT2D eigenvalue weighted by Crippen LogP contribution is 2.32. The lowest BCUT2D eigenvalue weighted by Gasteiger charge is -2.26. The van der Waals surface area contributed by atoms with Crippen LogP contribution >= 0.6 is 0 Å². The van der Waals surface area contributed by atoms with Crippen molar-refractivity contribution in [1.29, 1.82) is 0 Å². The van der Waals surface area contributed by atoms with Gasteiger partial charge in [-0.05, 0) is 12.5 Å². The van der Waals surface area contributed by atoms with Gasteiger partial charge in [-0.25, -0.2) is 0 Å². The lowest BCUT2D eigenvalue weighted by molar-refractivity contribution is 0.497. The van der Waals surface area contributed by atoms with Crippen LogP contribution in [0.15, 0.2) is 11.8 Å². The van der Waals surface area contributed by atoms with Crippen molar-refractivity contribution in [3.63, 3.8) is 0 Å². The summed E-state index contributed by atoms with van der Waals surface area (Å²) in [4.78, 5) is 0. The van der Waals surface area contributed by atoms with Crippen molar-refractivity contribution in [3.05, 3.63) is 11.8 Å². The third-order valence-electron chi connectivity index (χ3n) is 3.17. The maximum absolute atomic E-state index is 2.55. The van der Waals surface area contributed by atoms with Crippen molar-refractivity contribution >= 4 is 8.80 Å². The van der Waals surface area contributed by atoms with Gasteiger partial charge in [0.1, 0.15) is 0 Å². The van der Waals surface area contributed by atoms with Crippen molar-refractivity contribution in [2.24, 2.45) is 0 Å². The summed E-state index contributed by atoms with van der Waals surface area (Å²) >= 11 is 0. The van der Waals surface area contributed by atoms with Crippen LogP contribution < -0.4 is 0 Å². The van der Waals surface area contributed by atoms with Gasteiger partial charge in [-0.15, -0.1) is 5.70 Å². The molecule has 0 spiro atoms. The first-order valence-electron chi connectivity index (χ1n) is 5.51. The van der Waals surface area contributed by atoms with Crippen molar-refractivity contribution in [1.82, 2.24) is 0 Å². The second-order valence-corrected chi connectivity index (χ2v) is 7.47. The topological polar surface area (TPSA) is 0 Å². The molecule has 0 amide bonds. The summed E-state index contributed by atoms with van der Waals surface area (Å²) in [6.45, 7) is 4.56. The van der Waals surface area contributed by atoms with Crippen LogP contribution in [0.1, 0.15) is 46.0 Å². The summed E-state index contributed by atoms with van der Waals surface area (Å²) in [5.41, 5.74) is 3.69. The third kappa shape index (κ3) is 2.78. The van der Waals surface area contributed by atoms with E-state index in [2.05, 4.69) is 25.6 Å². The molecule has 0 aromatic carbocycles. The van der Waals surface area contributed by atoms with Gasteiger partial charge in [0.2, 0.25) is 0 Å². The lowest BCUT2D eigenvalue weighted by Crippen LogP contribution is -2.19. The quantitative estimate of drug-likeness (QED) is 0.584. The molecule has 0 heterocycles. The Morgan fingerprint density at radius 3 is 2.42 bits per heavy atom. The van der Waals surface area contributed by atoms with Gasteiger partial charge in [0, 0.05) is 0 Å². The Morgan fingerprint density at radius 2 is 1.92 bits per heavy atom. The van der Waals surface area contributed by atoms with Crippen LogP contribution in [-0.4, -0.2) is 8.80 Å². The second-order valence-electron chi connectivity index (χ2n) is 4.00. The molecular weight excluding hydrogens is 160 g/mol. The Bertz CT molecular complexity index is 134. The Labute approximate surface area is 78.7 Å². The summed E-state index contributed by atoms with van der Waals surface area (Å²) < 4.78 is 0. The highest BCUT2D eigenvalue weighted by atomic mass is 28.3. The van der Waals surface area contributed by atoms with E-state index in [1.807, 2.05) is 0 Å². The highest BCUT2D eigenvalue weighted by Gasteiger charge is 2.20. The largest absolute Gasteiger partial charge is 0.102 e. The van der Waals surface area contributed by atoms with Crippen LogP contribution in [0.25, 0.3) is 0 Å². The van der Waals surface area contributed by atoms with Gasteiger partial charge in [-0.3, -0.25) is 0 Å². The first-order valence-corrected chi connectivity index (χ1v) is 7.66. The summed E-state index contributed by atoms with van der Waals surface area (Å²) in [5, 5.41) is 0. The SMILES string of the molecule is CC=C[SiH](CC)C1CCCCC1. The molecular formula is C11H22Si. The van der Waals surface area contributed by atoms with Crippen molar-refractivity contribution in [2.45, 2.75) is 57.5 Å². The van der Waals surface area contributed by atoms with Crippen LogP contribution in [0, 0.1) is 0 Å². The van der Waals surface area contributed by atoms with E-state index in [4.69, 9.17) is 0 Å². The Kier molecular flexibility index (Phi) is 4.67. The van der Waals surface area contributed by atoms with Crippen LogP contribution in [-0.2, 0) is 0 Å². The van der Waals surface area contributed by atoms with E-state index >= 15 is 0 Å². The summed E-state index contributed by atoms with van der Waals surface area (Å²) in [6.07, 6.45) is 9.87. The fraction of sp³-hybridized carbons (Fsp3) is 0.818. The first kappa shape index (κ1) is 10.0. The molecule has 1 aliphatic carbocycles. The molecule has 1 saturated carbocycles. The van der Waals surface area contributed by atoms with Crippen molar-refractivity contribution in [3.8, 4) is 0 Å². The zero-order valence-electron chi connectivity index (χ0n) is 8.55. The van der Waals surface area contributed by atoms with Gasteiger partial charge >= 0.3 is 0 Å². The smallest absolute Gasteiger partial charge is 0.0638 e. The number of hydrogen-bond donors (Lipinski definition) is 0. The van der Waals surface area contributed by atoms with Gasteiger partial charge in [-0.1, -0.05) is 51.1 Å². The molecule has 0 saturated heterocycles. The minimum absolute atomic E-state index is 0.475. The predicted molar refractivity (Wildman–Crippen MR) is 59.3 cm³/mol. The number of hydrogen-bond acceptors (Lipinski definition) is 0. The molecule has 0 nitrogen and oxygen atoms in total. The number of rotatable bonds is 3. The molecule has 1 atom stereocenters. The molecule has 0 N–H and O–H groups in total. The maximum atomic E-state index is 2.55. The molecule has 1 aliphatic rings. The molecule has 1 rings (SSSR count). The monoisotopic (exact) mass is 182 g/mol. The minimum atomic E-state index is -0.475. The van der Waals surface area contributed by atoms with Gasteiger partial charge in [-0.2, -0.15) is 0 Å². The van der Waals surface area contributed by atoms with Crippen molar-refractivity contribution < 1.29 is 0 Å². The normalized spacial score (nSPS) is 23.2. The average molecular weight is 182 g/mol. The molecule has 1 fully saturated rings. The Balaban J connectivity index is 2.40. The molecule has 0 bridgehead atoms. The zero-order valence-corrected chi connectivity index (χ0v) is 9.71. The molecule has 0 aromatic heterocycles. The molecule has 1 unspecified atom stereocenters. The van der Waals surface area contributed by atoms with Gasteiger partial charge in [0.15, 0.2) is 0 Å². The molecule has 12 heavy (non-hydrogen) atoms. The lowest BCUT2D eigenvalue weighted by atomic mass is 10.0. The minimum Gasteiger partial charge on any atom is -0.102 e. The summed E-state index contributed by atoms with van der Waals surface area (Å²) in [5.74, 6) is 0. The Morgan fingerprint density at radius 1 is 1.25 bits per heavy atom. The van der Waals surface area contributed by atoms with E-state index in [1.54, 1.807) is 0 Å². The molecule has 1 heteroatoms. The van der Waals surface area contributed by atoms with Crippen LogP contribution in [0.2, 0.25) is 11.6 Å². The van der Waals surface area contributed by atoms with Crippen LogP contribution in [0.5, 0.6) is 0 Å². The molecule has 0 radical (unpaired) electrons. The molecule has 70 valence electrons. The van der Waals surface area contributed by atoms with E-state index in [1.165, 1.54) is 38.1 Å². The van der Waals surface area contributed by atoms with E-state index in [9.17, 15) is 0 Å². The first-order chi connectivity index (χ1) is 5.88. The van der Waals surface area contributed by atoms with E-state index in [-0.39, 0.29) is 0 Å². The van der Waals surface area contributed by atoms with Gasteiger partial charge in [0.05, 0.1) is 8.80 Å². The van der Waals surface area contributed by atoms with Crippen LogP contribution in [0.4, 0.5) is 0 Å². The van der Waals surface area contributed by atoms with Crippen LogP contribution in [0.3, 0.4) is 0 Å². The standard InChI is InChI=1S/C11H22Si/c1-3-10-12(4-2)11-8-6-5-7-9-11/h3,10-12H,4-9H2,1-2H3. The third-order valence-corrected chi connectivity index (χ3v) is 6.87. The predicted octanol–water partition coefficient (Wildman–Crippen LogP) is 3.68.